The average Bonchev–Trinajstić information content (AvgIpc) is 3.77. The van der Waals surface area contributed by atoms with Crippen LogP contribution in [0.2, 0.25) is 0 Å². The number of hydrogen-bond acceptors (Lipinski definition) is 1. The molecule has 1 nitrogen and oxygen atoms in total. The van der Waals surface area contributed by atoms with Crippen LogP contribution in [0.5, 0.6) is 0 Å². The molecule has 57 heavy (non-hydrogen) atoms. The number of hydrogen-bond donors (Lipinski definition) is 0. The molecule has 0 saturated carbocycles. The van der Waals surface area contributed by atoms with E-state index in [4.69, 9.17) is 0 Å². The Balaban J connectivity index is 1.08. The van der Waals surface area contributed by atoms with Crippen LogP contribution in [0, 0.1) is 0 Å². The average molecular weight is 729 g/mol. The molecule has 0 amide bonds. The third-order valence-electron chi connectivity index (χ3n) is 14.1. The van der Waals surface area contributed by atoms with Gasteiger partial charge in [-0.05, 0) is 124 Å². The number of benzene rings is 8. The Bertz CT molecular complexity index is 2890. The predicted molar refractivity (Wildman–Crippen MR) is 233 cm³/mol. The Morgan fingerprint density at radius 1 is 0.281 bits per heavy atom. The zero-order valence-electron chi connectivity index (χ0n) is 32.6. The highest BCUT2D eigenvalue weighted by molar-refractivity contribution is 6.16. The molecule has 1 spiro atoms. The van der Waals surface area contributed by atoms with Gasteiger partial charge >= 0.3 is 0 Å². The van der Waals surface area contributed by atoms with Gasteiger partial charge in [-0.3, -0.25) is 4.79 Å². The lowest BCUT2D eigenvalue weighted by Crippen LogP contribution is -2.36. The Morgan fingerprint density at radius 2 is 0.544 bits per heavy atom. The summed E-state index contributed by atoms with van der Waals surface area (Å²) in [7, 11) is 0. The zero-order valence-corrected chi connectivity index (χ0v) is 32.6. The minimum absolute atomic E-state index is 0.0637. The van der Waals surface area contributed by atoms with Gasteiger partial charge in [-0.2, -0.15) is 0 Å². The minimum Gasteiger partial charge on any atom is -0.289 e. The molecule has 0 saturated heterocycles. The number of ketones is 1. The van der Waals surface area contributed by atoms with Gasteiger partial charge < -0.3 is 0 Å². The maximum absolute atomic E-state index is 15.3. The highest BCUT2D eigenvalue weighted by Gasteiger charge is 2.51. The fourth-order valence-electron chi connectivity index (χ4n) is 11.4. The quantitative estimate of drug-likeness (QED) is 0.173. The number of rotatable bonds is 2. The Hall–Kier alpha value is -6.57. The summed E-state index contributed by atoms with van der Waals surface area (Å²) in [4.78, 5) is 15.3. The first-order valence-electron chi connectivity index (χ1n) is 20.2. The van der Waals surface area contributed by atoms with Crippen molar-refractivity contribution in [1.82, 2.24) is 0 Å². The molecular weight excluding hydrogens is 689 g/mol. The van der Waals surface area contributed by atoms with Crippen molar-refractivity contribution in [1.29, 1.82) is 0 Å². The second-order valence-electron chi connectivity index (χ2n) is 17.6. The molecule has 0 bridgehead atoms. The fourth-order valence-corrected chi connectivity index (χ4v) is 11.4. The van der Waals surface area contributed by atoms with E-state index in [-0.39, 0.29) is 16.6 Å². The van der Waals surface area contributed by atoms with E-state index in [1.807, 2.05) is 0 Å². The van der Waals surface area contributed by atoms with E-state index in [0.29, 0.717) is 0 Å². The van der Waals surface area contributed by atoms with Crippen LogP contribution in [-0.4, -0.2) is 5.78 Å². The third-order valence-corrected chi connectivity index (χ3v) is 14.1. The topological polar surface area (TPSA) is 17.1 Å². The van der Waals surface area contributed by atoms with Crippen molar-refractivity contribution in [3.8, 4) is 55.6 Å². The van der Waals surface area contributed by atoms with Crippen molar-refractivity contribution in [2.45, 2.75) is 43.9 Å². The minimum atomic E-state index is -0.634. The molecule has 270 valence electrons. The van der Waals surface area contributed by atoms with E-state index >= 15 is 4.79 Å². The maximum Gasteiger partial charge on any atom is 0.193 e. The van der Waals surface area contributed by atoms with Crippen LogP contribution in [0.25, 0.3) is 55.6 Å². The Labute approximate surface area is 334 Å². The summed E-state index contributed by atoms with van der Waals surface area (Å²) >= 11 is 0. The summed E-state index contributed by atoms with van der Waals surface area (Å²) in [5, 5.41) is 0. The summed E-state index contributed by atoms with van der Waals surface area (Å²) < 4.78 is 0. The van der Waals surface area contributed by atoms with Gasteiger partial charge in [0.2, 0.25) is 0 Å². The van der Waals surface area contributed by atoms with Crippen molar-refractivity contribution >= 4 is 5.78 Å². The van der Waals surface area contributed by atoms with Crippen LogP contribution < -0.4 is 0 Å². The van der Waals surface area contributed by atoms with Gasteiger partial charge in [0.05, 0.1) is 5.41 Å². The van der Waals surface area contributed by atoms with E-state index in [9.17, 15) is 0 Å². The molecule has 0 radical (unpaired) electrons. The van der Waals surface area contributed by atoms with E-state index in [0.717, 1.165) is 44.5 Å². The summed E-state index contributed by atoms with van der Waals surface area (Å²) in [5.41, 5.74) is 22.7. The molecule has 8 aromatic carbocycles. The predicted octanol–water partition coefficient (Wildman–Crippen LogP) is 13.5. The molecule has 4 aliphatic rings. The van der Waals surface area contributed by atoms with Crippen molar-refractivity contribution in [2.75, 3.05) is 0 Å². The van der Waals surface area contributed by atoms with Gasteiger partial charge in [0.15, 0.2) is 5.78 Å². The van der Waals surface area contributed by atoms with Crippen molar-refractivity contribution in [3.05, 3.63) is 225 Å². The fraction of sp³-hybridized carbons (Fsp3) is 0.125. The zero-order chi connectivity index (χ0) is 38.4. The first-order chi connectivity index (χ1) is 27.7. The Kier molecular flexibility index (Phi) is 6.33. The molecule has 0 unspecified atom stereocenters. The molecule has 8 aromatic rings. The summed E-state index contributed by atoms with van der Waals surface area (Å²) in [6, 6.07) is 62.3. The lowest BCUT2D eigenvalue weighted by Gasteiger charge is -2.40. The second-order valence-corrected chi connectivity index (χ2v) is 17.6. The number of fused-ring (bicyclic) bond motifs is 15. The van der Waals surface area contributed by atoms with Crippen molar-refractivity contribution < 1.29 is 4.79 Å². The van der Waals surface area contributed by atoms with Crippen LogP contribution in [0.4, 0.5) is 0 Å². The third kappa shape index (κ3) is 4.06. The van der Waals surface area contributed by atoms with Crippen LogP contribution >= 0.6 is 0 Å². The molecule has 0 N–H and O–H groups in total. The normalized spacial score (nSPS) is 16.2. The van der Waals surface area contributed by atoms with E-state index < -0.39 is 5.41 Å². The van der Waals surface area contributed by atoms with Gasteiger partial charge in [0, 0.05) is 22.0 Å². The number of carbonyl (C=O) groups excluding carboxylic acids is 1. The van der Waals surface area contributed by atoms with Crippen LogP contribution in [0.3, 0.4) is 0 Å². The van der Waals surface area contributed by atoms with Gasteiger partial charge in [0.1, 0.15) is 0 Å². The van der Waals surface area contributed by atoms with Gasteiger partial charge in [-0.15, -0.1) is 0 Å². The smallest absolute Gasteiger partial charge is 0.193 e. The highest BCUT2D eigenvalue weighted by Crippen LogP contribution is 2.60. The van der Waals surface area contributed by atoms with Gasteiger partial charge in [-0.1, -0.05) is 173 Å². The molecule has 0 fully saturated rings. The van der Waals surface area contributed by atoms with Crippen molar-refractivity contribution in [2.24, 2.45) is 0 Å². The highest BCUT2D eigenvalue weighted by atomic mass is 16.1. The van der Waals surface area contributed by atoms with Gasteiger partial charge in [0.25, 0.3) is 0 Å². The summed E-state index contributed by atoms with van der Waals surface area (Å²) in [5.74, 6) is 0.0801. The maximum atomic E-state index is 15.3. The van der Waals surface area contributed by atoms with E-state index in [1.54, 1.807) is 0 Å². The molecule has 12 rings (SSSR count). The summed E-state index contributed by atoms with van der Waals surface area (Å²) in [6.07, 6.45) is 0. The van der Waals surface area contributed by atoms with Crippen molar-refractivity contribution in [3.63, 3.8) is 0 Å². The standard InChI is InChI=1S/C56H40O/c1-54(2)45-17-9-5-15-39(45)41-29-33(21-25-47(41)54)35-23-27-51-43(31-35)53(57)44-32-36(34-22-26-48-42(30-34)40-16-6-10-18-46(40)55(48,3)4)24-28-52(44)56(51)49-19-11-7-13-37(49)38-14-8-12-20-50(38)56/h5-32H,1-4H3. The summed E-state index contributed by atoms with van der Waals surface area (Å²) in [6.45, 7) is 9.28. The molecule has 4 aliphatic carbocycles. The molecule has 1 heteroatoms. The molecular formula is C56H40O. The lowest BCUT2D eigenvalue weighted by molar-refractivity contribution is 0.103. The van der Waals surface area contributed by atoms with Gasteiger partial charge in [-0.25, -0.2) is 0 Å². The first-order valence-corrected chi connectivity index (χ1v) is 20.2. The molecule has 0 aromatic heterocycles. The first kappa shape index (κ1) is 32.7. The monoisotopic (exact) mass is 728 g/mol. The largest absolute Gasteiger partial charge is 0.289 e. The van der Waals surface area contributed by atoms with Crippen LogP contribution in [0.1, 0.15) is 88.1 Å². The Morgan fingerprint density at radius 3 is 0.930 bits per heavy atom. The van der Waals surface area contributed by atoms with Crippen LogP contribution in [-0.2, 0) is 16.2 Å². The van der Waals surface area contributed by atoms with E-state index in [2.05, 4.69) is 198 Å². The molecule has 0 heterocycles. The van der Waals surface area contributed by atoms with E-state index in [1.165, 1.54) is 66.8 Å². The molecule has 0 atom stereocenters. The number of carbonyl (C=O) groups is 1. The lowest BCUT2D eigenvalue weighted by atomic mass is 9.61. The second kappa shape index (κ2) is 11.1. The van der Waals surface area contributed by atoms with Crippen LogP contribution in [0.15, 0.2) is 170 Å². The SMILES string of the molecule is CC1(C)c2ccccc2-c2cc(-c3ccc4c(c3)C(=O)c3cc(-c5ccc6c(c5)-c5ccccc5C6(C)C)ccc3C43c4ccccc4-c4ccccc43)ccc21. The molecule has 0 aliphatic heterocycles.